The van der Waals surface area contributed by atoms with Gasteiger partial charge in [0.05, 0.1) is 28.0 Å². The third-order valence-corrected chi connectivity index (χ3v) is 6.73. The van der Waals surface area contributed by atoms with Crippen LogP contribution in [0.3, 0.4) is 0 Å². The average Bonchev–Trinajstić information content (AvgIpc) is 3.12. The standard InChI is InChI=1S/C26H20Cl2N2O6S/c1-2-35-22-12-18(11-21(28)24(22)36-15-17-3-7-19(27)8-4-17)13-23-25(31)29(26(32)37-23)14-16-5-9-20(10-6-16)30(33)34/h3-13H,2,14-15H2,1H3/b23-13-. The van der Waals surface area contributed by atoms with Crippen molar-refractivity contribution in [2.24, 2.45) is 0 Å². The molecule has 0 atom stereocenters. The third kappa shape index (κ3) is 6.43. The number of non-ortho nitro benzene ring substituents is 1. The molecule has 190 valence electrons. The summed E-state index contributed by atoms with van der Waals surface area (Å²) in [6, 6.07) is 16.2. The van der Waals surface area contributed by atoms with Gasteiger partial charge in [-0.2, -0.15) is 0 Å². The van der Waals surface area contributed by atoms with Crippen molar-refractivity contribution in [3.05, 3.63) is 102 Å². The molecule has 0 saturated carbocycles. The second kappa shape index (κ2) is 11.7. The zero-order chi connectivity index (χ0) is 26.5. The van der Waals surface area contributed by atoms with E-state index in [1.54, 1.807) is 30.3 Å². The molecule has 1 aliphatic heterocycles. The van der Waals surface area contributed by atoms with Crippen LogP contribution in [0.2, 0.25) is 10.0 Å². The Hall–Kier alpha value is -3.53. The first-order valence-corrected chi connectivity index (χ1v) is 12.6. The summed E-state index contributed by atoms with van der Waals surface area (Å²) in [6.07, 6.45) is 1.57. The van der Waals surface area contributed by atoms with Crippen molar-refractivity contribution in [3.63, 3.8) is 0 Å². The van der Waals surface area contributed by atoms with Crippen LogP contribution in [-0.4, -0.2) is 27.6 Å². The van der Waals surface area contributed by atoms with E-state index in [9.17, 15) is 19.7 Å². The van der Waals surface area contributed by atoms with Crippen LogP contribution in [0.4, 0.5) is 10.5 Å². The summed E-state index contributed by atoms with van der Waals surface area (Å²) in [5.74, 6) is 0.299. The fourth-order valence-corrected chi connectivity index (χ4v) is 4.74. The highest BCUT2D eigenvalue weighted by molar-refractivity contribution is 8.18. The van der Waals surface area contributed by atoms with Gasteiger partial charge in [0.1, 0.15) is 6.61 Å². The lowest BCUT2D eigenvalue weighted by Crippen LogP contribution is -2.27. The Bertz CT molecular complexity index is 1380. The van der Waals surface area contributed by atoms with Crippen LogP contribution >= 0.6 is 35.0 Å². The maximum absolute atomic E-state index is 13.0. The van der Waals surface area contributed by atoms with Gasteiger partial charge in [-0.05, 0) is 65.7 Å². The topological polar surface area (TPSA) is 99.0 Å². The number of amides is 2. The fourth-order valence-electron chi connectivity index (χ4n) is 3.50. The third-order valence-electron chi connectivity index (χ3n) is 5.29. The minimum Gasteiger partial charge on any atom is -0.490 e. The van der Waals surface area contributed by atoms with Crippen LogP contribution in [0.15, 0.2) is 65.6 Å². The molecule has 0 aromatic heterocycles. The van der Waals surface area contributed by atoms with Gasteiger partial charge in [-0.25, -0.2) is 0 Å². The summed E-state index contributed by atoms with van der Waals surface area (Å²) in [6.45, 7) is 2.44. The first-order valence-electron chi connectivity index (χ1n) is 11.1. The normalized spacial score (nSPS) is 14.4. The summed E-state index contributed by atoms with van der Waals surface area (Å²) in [4.78, 5) is 37.1. The van der Waals surface area contributed by atoms with Gasteiger partial charge in [0, 0.05) is 17.2 Å². The van der Waals surface area contributed by atoms with Gasteiger partial charge in [-0.1, -0.05) is 47.5 Å². The molecular formula is C26H20Cl2N2O6S. The Morgan fingerprint density at radius 3 is 2.32 bits per heavy atom. The number of nitro benzene ring substituents is 1. The van der Waals surface area contributed by atoms with E-state index in [4.69, 9.17) is 32.7 Å². The number of ether oxygens (including phenoxy) is 2. The Labute approximate surface area is 226 Å². The number of carbonyl (C=O) groups excluding carboxylic acids is 2. The summed E-state index contributed by atoms with van der Waals surface area (Å²) in [5, 5.41) is 11.3. The number of nitrogens with zero attached hydrogens (tertiary/aromatic N) is 2. The van der Waals surface area contributed by atoms with E-state index in [0.29, 0.717) is 34.3 Å². The van der Waals surface area contributed by atoms with Crippen LogP contribution in [-0.2, 0) is 17.9 Å². The zero-order valence-electron chi connectivity index (χ0n) is 19.5. The molecule has 2 amide bonds. The number of hydrogen-bond donors (Lipinski definition) is 0. The molecule has 3 aromatic carbocycles. The SMILES string of the molecule is CCOc1cc(/C=C2\SC(=O)N(Cc3ccc([N+](=O)[O-])cc3)C2=O)cc(Cl)c1OCc1ccc(Cl)cc1. The molecule has 1 saturated heterocycles. The van der Waals surface area contributed by atoms with Crippen LogP contribution in [0.25, 0.3) is 6.08 Å². The number of hydrogen-bond acceptors (Lipinski definition) is 7. The summed E-state index contributed by atoms with van der Waals surface area (Å²) in [5.41, 5.74) is 1.99. The molecular weight excluding hydrogens is 539 g/mol. The minimum atomic E-state index is -0.512. The zero-order valence-corrected chi connectivity index (χ0v) is 21.8. The van der Waals surface area contributed by atoms with E-state index in [2.05, 4.69) is 0 Å². The molecule has 1 aliphatic rings. The molecule has 0 radical (unpaired) electrons. The predicted molar refractivity (Wildman–Crippen MR) is 143 cm³/mol. The Balaban J connectivity index is 1.52. The molecule has 0 unspecified atom stereocenters. The molecule has 0 bridgehead atoms. The highest BCUT2D eigenvalue weighted by atomic mass is 35.5. The lowest BCUT2D eigenvalue weighted by Gasteiger charge is -2.15. The first-order chi connectivity index (χ1) is 17.7. The highest BCUT2D eigenvalue weighted by Gasteiger charge is 2.35. The summed E-state index contributed by atoms with van der Waals surface area (Å²) in [7, 11) is 0. The molecule has 0 N–H and O–H groups in total. The molecule has 0 aliphatic carbocycles. The van der Waals surface area contributed by atoms with Gasteiger partial charge in [-0.15, -0.1) is 0 Å². The number of rotatable bonds is 9. The van der Waals surface area contributed by atoms with Crippen molar-refractivity contribution in [3.8, 4) is 11.5 Å². The van der Waals surface area contributed by atoms with Crippen LogP contribution in [0.1, 0.15) is 23.6 Å². The lowest BCUT2D eigenvalue weighted by molar-refractivity contribution is -0.384. The van der Waals surface area contributed by atoms with Gasteiger partial charge < -0.3 is 9.47 Å². The molecule has 4 rings (SSSR count). The molecule has 11 heteroatoms. The Morgan fingerprint density at radius 1 is 1.00 bits per heavy atom. The Kier molecular flexibility index (Phi) is 8.38. The predicted octanol–water partition coefficient (Wildman–Crippen LogP) is 7.12. The molecule has 8 nitrogen and oxygen atoms in total. The largest absolute Gasteiger partial charge is 0.490 e. The smallest absolute Gasteiger partial charge is 0.293 e. The minimum absolute atomic E-state index is 0.00241. The maximum atomic E-state index is 13.0. The quantitative estimate of drug-likeness (QED) is 0.156. The maximum Gasteiger partial charge on any atom is 0.293 e. The molecule has 1 heterocycles. The number of nitro groups is 1. The molecule has 3 aromatic rings. The number of thioether (sulfide) groups is 1. The van der Waals surface area contributed by atoms with E-state index >= 15 is 0 Å². The summed E-state index contributed by atoms with van der Waals surface area (Å²) >= 11 is 13.3. The van der Waals surface area contributed by atoms with Gasteiger partial charge in [0.2, 0.25) is 0 Å². The lowest BCUT2D eigenvalue weighted by atomic mass is 10.1. The second-order valence-electron chi connectivity index (χ2n) is 7.87. The van der Waals surface area contributed by atoms with Gasteiger partial charge in [0.15, 0.2) is 11.5 Å². The van der Waals surface area contributed by atoms with E-state index in [1.165, 1.54) is 24.3 Å². The van der Waals surface area contributed by atoms with Crippen LogP contribution in [0, 0.1) is 10.1 Å². The van der Waals surface area contributed by atoms with Crippen molar-refractivity contribution in [2.45, 2.75) is 20.1 Å². The van der Waals surface area contributed by atoms with Gasteiger partial charge in [0.25, 0.3) is 16.8 Å². The van der Waals surface area contributed by atoms with Crippen LogP contribution in [0.5, 0.6) is 11.5 Å². The van der Waals surface area contributed by atoms with Gasteiger partial charge >= 0.3 is 0 Å². The van der Waals surface area contributed by atoms with E-state index in [1.807, 2.05) is 19.1 Å². The summed E-state index contributed by atoms with van der Waals surface area (Å²) < 4.78 is 11.6. The highest BCUT2D eigenvalue weighted by Crippen LogP contribution is 2.40. The van der Waals surface area contributed by atoms with Crippen molar-refractivity contribution >= 4 is 57.9 Å². The molecule has 37 heavy (non-hydrogen) atoms. The molecule has 0 spiro atoms. The number of halogens is 2. The van der Waals surface area contributed by atoms with E-state index < -0.39 is 16.1 Å². The van der Waals surface area contributed by atoms with Gasteiger partial charge in [-0.3, -0.25) is 24.6 Å². The number of carbonyl (C=O) groups is 2. The second-order valence-corrected chi connectivity index (χ2v) is 9.71. The van der Waals surface area contributed by atoms with E-state index in [-0.39, 0.29) is 28.8 Å². The monoisotopic (exact) mass is 558 g/mol. The molecule has 1 fully saturated rings. The van der Waals surface area contributed by atoms with Crippen molar-refractivity contribution in [1.29, 1.82) is 0 Å². The van der Waals surface area contributed by atoms with E-state index in [0.717, 1.165) is 22.2 Å². The fraction of sp³-hybridized carbons (Fsp3) is 0.154. The Morgan fingerprint density at radius 2 is 1.68 bits per heavy atom. The number of imide groups is 1. The number of benzene rings is 3. The average molecular weight is 559 g/mol. The first kappa shape index (κ1) is 26.5. The van der Waals surface area contributed by atoms with Crippen molar-refractivity contribution < 1.29 is 24.0 Å². The van der Waals surface area contributed by atoms with Crippen molar-refractivity contribution in [1.82, 2.24) is 4.90 Å². The van der Waals surface area contributed by atoms with Crippen LogP contribution < -0.4 is 9.47 Å². The van der Waals surface area contributed by atoms with Crippen molar-refractivity contribution in [2.75, 3.05) is 6.61 Å².